The highest BCUT2D eigenvalue weighted by Gasteiger charge is 2.32. The first kappa shape index (κ1) is 16.6. The van der Waals surface area contributed by atoms with Gasteiger partial charge in [0.1, 0.15) is 5.60 Å². The van der Waals surface area contributed by atoms with Crippen LogP contribution in [-0.2, 0) is 9.47 Å². The second-order valence-electron chi connectivity index (χ2n) is 5.97. The SMILES string of the molecule is CC(C)(C)OC(=O)N1CCOC[C@H]1c1cc(Cl)cc(Br)c1. The van der Waals surface area contributed by atoms with Crippen molar-refractivity contribution in [3.8, 4) is 0 Å². The van der Waals surface area contributed by atoms with Gasteiger partial charge in [-0.1, -0.05) is 27.5 Å². The van der Waals surface area contributed by atoms with E-state index in [0.717, 1.165) is 10.0 Å². The van der Waals surface area contributed by atoms with Crippen LogP contribution in [0.5, 0.6) is 0 Å². The molecule has 0 aliphatic carbocycles. The number of ether oxygens (including phenoxy) is 2. The molecule has 0 saturated carbocycles. The highest BCUT2D eigenvalue weighted by atomic mass is 79.9. The van der Waals surface area contributed by atoms with Crippen LogP contribution in [0.2, 0.25) is 5.02 Å². The summed E-state index contributed by atoms with van der Waals surface area (Å²) in [6.07, 6.45) is -0.327. The van der Waals surface area contributed by atoms with Crippen LogP contribution in [0, 0.1) is 0 Å². The standard InChI is InChI=1S/C15H19BrClNO3/c1-15(2,3)21-14(19)18-4-5-20-9-13(18)10-6-11(16)8-12(17)7-10/h6-8,13H,4-5,9H2,1-3H3/t13-/m0/s1. The van der Waals surface area contributed by atoms with Crippen LogP contribution in [0.4, 0.5) is 4.79 Å². The summed E-state index contributed by atoms with van der Waals surface area (Å²) < 4.78 is 11.9. The van der Waals surface area contributed by atoms with Crippen molar-refractivity contribution in [1.29, 1.82) is 0 Å². The summed E-state index contributed by atoms with van der Waals surface area (Å²) in [7, 11) is 0. The Morgan fingerprint density at radius 1 is 1.43 bits per heavy atom. The molecule has 6 heteroatoms. The quantitative estimate of drug-likeness (QED) is 0.728. The second kappa shape index (κ2) is 6.55. The number of hydrogen-bond donors (Lipinski definition) is 0. The fourth-order valence-electron chi connectivity index (χ4n) is 2.19. The molecule has 2 rings (SSSR count). The summed E-state index contributed by atoms with van der Waals surface area (Å²) in [6, 6.07) is 5.42. The topological polar surface area (TPSA) is 38.8 Å². The maximum atomic E-state index is 12.4. The molecule has 4 nitrogen and oxygen atoms in total. The molecule has 1 aromatic carbocycles. The van der Waals surface area contributed by atoms with Crippen LogP contribution < -0.4 is 0 Å². The van der Waals surface area contributed by atoms with Crippen LogP contribution in [0.3, 0.4) is 0 Å². The van der Waals surface area contributed by atoms with Crippen molar-refractivity contribution in [3.63, 3.8) is 0 Å². The van der Waals surface area contributed by atoms with Crippen molar-refractivity contribution >= 4 is 33.6 Å². The van der Waals surface area contributed by atoms with Gasteiger partial charge in [0, 0.05) is 16.0 Å². The molecule has 0 N–H and O–H groups in total. The van der Waals surface area contributed by atoms with Crippen molar-refractivity contribution in [1.82, 2.24) is 4.90 Å². The number of rotatable bonds is 1. The van der Waals surface area contributed by atoms with E-state index in [4.69, 9.17) is 21.1 Å². The van der Waals surface area contributed by atoms with E-state index in [2.05, 4.69) is 15.9 Å². The summed E-state index contributed by atoms with van der Waals surface area (Å²) in [5.41, 5.74) is 0.412. The third-order valence-corrected chi connectivity index (χ3v) is 3.70. The van der Waals surface area contributed by atoms with Crippen molar-refractivity contribution in [2.45, 2.75) is 32.4 Å². The molecule has 1 fully saturated rings. The maximum Gasteiger partial charge on any atom is 0.410 e. The number of halogens is 2. The average Bonchev–Trinajstić information content (AvgIpc) is 2.35. The first-order valence-electron chi connectivity index (χ1n) is 6.79. The molecule has 1 saturated heterocycles. The Kier molecular flexibility index (Phi) is 5.17. The van der Waals surface area contributed by atoms with E-state index in [1.165, 1.54) is 0 Å². The smallest absolute Gasteiger partial charge is 0.410 e. The van der Waals surface area contributed by atoms with Crippen molar-refractivity contribution < 1.29 is 14.3 Å². The van der Waals surface area contributed by atoms with Crippen LogP contribution in [0.1, 0.15) is 32.4 Å². The summed E-state index contributed by atoms with van der Waals surface area (Å²) in [5, 5.41) is 0.620. The summed E-state index contributed by atoms with van der Waals surface area (Å²) in [6.45, 7) is 7.02. The third kappa shape index (κ3) is 4.59. The van der Waals surface area contributed by atoms with E-state index < -0.39 is 5.60 Å². The van der Waals surface area contributed by atoms with Gasteiger partial charge in [-0.2, -0.15) is 0 Å². The van der Waals surface area contributed by atoms with Gasteiger partial charge in [-0.25, -0.2) is 4.79 Å². The van der Waals surface area contributed by atoms with Crippen molar-refractivity contribution in [2.24, 2.45) is 0 Å². The number of morpholine rings is 1. The molecule has 1 amide bonds. The van der Waals surface area contributed by atoms with Gasteiger partial charge in [-0.05, 0) is 44.5 Å². The Morgan fingerprint density at radius 2 is 2.14 bits per heavy atom. The summed E-state index contributed by atoms with van der Waals surface area (Å²) >= 11 is 9.52. The molecule has 1 aliphatic heterocycles. The van der Waals surface area contributed by atoms with E-state index in [1.54, 1.807) is 4.90 Å². The highest BCUT2D eigenvalue weighted by molar-refractivity contribution is 9.10. The van der Waals surface area contributed by atoms with Crippen LogP contribution in [0.25, 0.3) is 0 Å². The zero-order valence-electron chi connectivity index (χ0n) is 12.4. The fourth-order valence-corrected chi connectivity index (χ4v) is 3.07. The molecule has 1 atom stereocenters. The zero-order chi connectivity index (χ0) is 15.6. The average molecular weight is 377 g/mol. The van der Waals surface area contributed by atoms with E-state index in [0.29, 0.717) is 24.8 Å². The van der Waals surface area contributed by atoms with Gasteiger partial charge in [0.2, 0.25) is 0 Å². The molecule has 1 aliphatic rings. The normalized spacial score (nSPS) is 19.5. The van der Waals surface area contributed by atoms with E-state index in [1.807, 2.05) is 39.0 Å². The largest absolute Gasteiger partial charge is 0.444 e. The maximum absolute atomic E-state index is 12.4. The van der Waals surface area contributed by atoms with Gasteiger partial charge in [0.25, 0.3) is 0 Å². The van der Waals surface area contributed by atoms with Gasteiger partial charge in [0.15, 0.2) is 0 Å². The Hall–Kier alpha value is -0.780. The lowest BCUT2D eigenvalue weighted by Gasteiger charge is -2.37. The molecule has 0 bridgehead atoms. The minimum Gasteiger partial charge on any atom is -0.444 e. The van der Waals surface area contributed by atoms with Gasteiger partial charge in [-0.15, -0.1) is 0 Å². The third-order valence-electron chi connectivity index (χ3n) is 3.03. The molecular weight excluding hydrogens is 358 g/mol. The highest BCUT2D eigenvalue weighted by Crippen LogP contribution is 2.30. The fraction of sp³-hybridized carbons (Fsp3) is 0.533. The molecule has 21 heavy (non-hydrogen) atoms. The predicted octanol–water partition coefficient (Wildman–Crippen LogP) is 4.41. The van der Waals surface area contributed by atoms with Crippen LogP contribution in [-0.4, -0.2) is 36.4 Å². The molecular formula is C15H19BrClNO3. The number of carbonyl (C=O) groups excluding carboxylic acids is 1. The number of benzene rings is 1. The zero-order valence-corrected chi connectivity index (χ0v) is 14.7. The lowest BCUT2D eigenvalue weighted by Crippen LogP contribution is -2.45. The van der Waals surface area contributed by atoms with Crippen molar-refractivity contribution in [3.05, 3.63) is 33.3 Å². The van der Waals surface area contributed by atoms with Crippen LogP contribution in [0.15, 0.2) is 22.7 Å². The molecule has 116 valence electrons. The van der Waals surface area contributed by atoms with E-state index in [9.17, 15) is 4.79 Å². The molecule has 1 heterocycles. The van der Waals surface area contributed by atoms with Gasteiger partial charge >= 0.3 is 6.09 Å². The number of hydrogen-bond acceptors (Lipinski definition) is 3. The number of nitrogens with zero attached hydrogens (tertiary/aromatic N) is 1. The Labute approximate surface area is 138 Å². The van der Waals surface area contributed by atoms with Gasteiger partial charge < -0.3 is 9.47 Å². The number of carbonyl (C=O) groups is 1. The monoisotopic (exact) mass is 375 g/mol. The Balaban J connectivity index is 2.24. The molecule has 0 aromatic heterocycles. The lowest BCUT2D eigenvalue weighted by atomic mass is 10.1. The first-order chi connectivity index (χ1) is 9.76. The molecule has 0 radical (unpaired) electrons. The summed E-state index contributed by atoms with van der Waals surface area (Å²) in [4.78, 5) is 14.1. The second-order valence-corrected chi connectivity index (χ2v) is 7.32. The molecule has 1 aromatic rings. The molecule has 0 unspecified atom stereocenters. The van der Waals surface area contributed by atoms with Gasteiger partial charge in [0.05, 0.1) is 19.3 Å². The Bertz CT molecular complexity index is 510. The molecule has 0 spiro atoms. The number of amides is 1. The van der Waals surface area contributed by atoms with Crippen molar-refractivity contribution in [2.75, 3.05) is 19.8 Å². The lowest BCUT2D eigenvalue weighted by molar-refractivity contribution is -0.0331. The van der Waals surface area contributed by atoms with E-state index >= 15 is 0 Å². The minimum absolute atomic E-state index is 0.191. The summed E-state index contributed by atoms with van der Waals surface area (Å²) in [5.74, 6) is 0. The predicted molar refractivity (Wildman–Crippen MR) is 85.7 cm³/mol. The Morgan fingerprint density at radius 3 is 2.76 bits per heavy atom. The van der Waals surface area contributed by atoms with Gasteiger partial charge in [-0.3, -0.25) is 4.90 Å². The minimum atomic E-state index is -0.519. The van der Waals surface area contributed by atoms with Crippen LogP contribution >= 0.6 is 27.5 Å². The van der Waals surface area contributed by atoms with E-state index in [-0.39, 0.29) is 12.1 Å². The first-order valence-corrected chi connectivity index (χ1v) is 7.97.